The van der Waals surface area contributed by atoms with Crippen molar-refractivity contribution in [2.45, 2.75) is 22.6 Å². The number of ether oxygens (including phenoxy) is 2. The van der Waals surface area contributed by atoms with Crippen molar-refractivity contribution in [3.63, 3.8) is 0 Å². The monoisotopic (exact) mass is 284 g/mol. The fourth-order valence-electron chi connectivity index (χ4n) is 1.87. The van der Waals surface area contributed by atoms with Gasteiger partial charge in [-0.1, -0.05) is 12.2 Å². The first-order valence-corrected chi connectivity index (χ1v) is 9.21. The summed E-state index contributed by atoms with van der Waals surface area (Å²) >= 11 is 5.65. The fourth-order valence-corrected chi connectivity index (χ4v) is 4.14. The molecule has 5 unspecified atom stereocenters. The van der Waals surface area contributed by atoms with Gasteiger partial charge in [0.1, 0.15) is 7.85 Å². The largest absolute Gasteiger partial charge is 0.378 e. The molecule has 0 aromatic carbocycles. The third-order valence-corrected chi connectivity index (χ3v) is 4.99. The molecule has 0 amide bonds. The van der Waals surface area contributed by atoms with E-state index in [-0.39, 0.29) is 17.5 Å². The van der Waals surface area contributed by atoms with E-state index in [2.05, 4.69) is 20.1 Å². The zero-order chi connectivity index (χ0) is 12.3. The van der Waals surface area contributed by atoms with Crippen LogP contribution in [0.5, 0.6) is 0 Å². The standard InChI is InChI=1S/C8H18BO4PS2/c1-11-6-5(4-13-14(3,10)15)16-8(9)7(6)12-2/h5-8H,4,9H2,1-3H3,(H,10,15). The van der Waals surface area contributed by atoms with Crippen LogP contribution in [-0.2, 0) is 18.6 Å². The molecule has 1 aliphatic rings. The topological polar surface area (TPSA) is 44.8 Å². The summed E-state index contributed by atoms with van der Waals surface area (Å²) < 4.78 is 27.4. The highest BCUT2D eigenvalue weighted by atomic mass is 32.7. The molecule has 1 fully saturated rings. The average molecular weight is 284 g/mol. The summed E-state index contributed by atoms with van der Waals surface area (Å²) in [5.74, 6) is 0. The van der Waals surface area contributed by atoms with Gasteiger partial charge in [-0.05, 0) is 0 Å². The van der Waals surface area contributed by atoms with Crippen LogP contribution >= 0.6 is 30.6 Å². The molecular formula is C8H18BO4PS2. The van der Waals surface area contributed by atoms with Crippen molar-refractivity contribution < 1.29 is 18.6 Å². The van der Waals surface area contributed by atoms with Crippen molar-refractivity contribution in [2.75, 3.05) is 27.5 Å². The lowest BCUT2D eigenvalue weighted by Crippen LogP contribution is -2.37. The van der Waals surface area contributed by atoms with Crippen molar-refractivity contribution in [1.29, 1.82) is 0 Å². The van der Waals surface area contributed by atoms with Gasteiger partial charge in [-0.3, -0.25) is 4.57 Å². The van der Waals surface area contributed by atoms with Crippen LogP contribution in [-0.4, -0.2) is 57.9 Å². The Labute approximate surface area is 107 Å². The minimum atomic E-state index is -2.72. The summed E-state index contributed by atoms with van der Waals surface area (Å²) in [4.78, 5) is 0. The molecule has 8 heteroatoms. The molecular weight excluding hydrogens is 266 g/mol. The maximum atomic E-state index is 11.4. The van der Waals surface area contributed by atoms with Gasteiger partial charge in [-0.15, -0.1) is 0 Å². The van der Waals surface area contributed by atoms with Gasteiger partial charge in [0.15, 0.2) is 0 Å². The summed E-state index contributed by atoms with van der Waals surface area (Å²) in [5, 5.41) is 0.491. The number of thiol groups is 1. The minimum Gasteiger partial charge on any atom is -0.378 e. The third kappa shape index (κ3) is 3.96. The molecule has 1 aliphatic heterocycles. The summed E-state index contributed by atoms with van der Waals surface area (Å²) in [7, 11) is 5.44. The van der Waals surface area contributed by atoms with Crippen molar-refractivity contribution in [2.24, 2.45) is 0 Å². The summed E-state index contributed by atoms with van der Waals surface area (Å²) in [6.45, 7) is -0.844. The third-order valence-electron chi connectivity index (χ3n) is 2.57. The first-order chi connectivity index (χ1) is 7.39. The summed E-state index contributed by atoms with van der Waals surface area (Å²) in [6, 6.07) is 0. The van der Waals surface area contributed by atoms with E-state index in [0.717, 1.165) is 0 Å². The molecule has 0 saturated carbocycles. The second-order valence-electron chi connectivity index (χ2n) is 3.88. The maximum Gasteiger partial charge on any atom is 0.251 e. The van der Waals surface area contributed by atoms with Crippen molar-refractivity contribution in [3.05, 3.63) is 0 Å². The number of hydrogen-bond acceptors (Lipinski definition) is 5. The molecule has 0 aromatic rings. The molecule has 0 aliphatic carbocycles. The molecule has 0 radical (unpaired) electrons. The predicted octanol–water partition coefficient (Wildman–Crippen LogP) is 0.860. The van der Waals surface area contributed by atoms with Gasteiger partial charge in [0.05, 0.1) is 24.1 Å². The van der Waals surface area contributed by atoms with Gasteiger partial charge in [0.2, 0.25) is 0 Å². The molecule has 16 heavy (non-hydrogen) atoms. The van der Waals surface area contributed by atoms with E-state index in [1.54, 1.807) is 26.0 Å². The molecule has 0 N–H and O–H groups in total. The van der Waals surface area contributed by atoms with Crippen molar-refractivity contribution in [1.82, 2.24) is 0 Å². The number of thioether (sulfide) groups is 1. The molecule has 5 atom stereocenters. The van der Waals surface area contributed by atoms with Crippen LogP contribution in [0.1, 0.15) is 0 Å². The minimum absolute atomic E-state index is 0.0233. The molecule has 1 heterocycles. The summed E-state index contributed by atoms with van der Waals surface area (Å²) in [5.41, 5.74) is 0. The van der Waals surface area contributed by atoms with Crippen molar-refractivity contribution >= 4 is 38.4 Å². The molecule has 0 spiro atoms. The van der Waals surface area contributed by atoms with Crippen LogP contribution in [0, 0.1) is 0 Å². The Hall–Kier alpha value is 0.875. The van der Waals surface area contributed by atoms with Gasteiger partial charge in [-0.25, -0.2) is 0 Å². The van der Waals surface area contributed by atoms with E-state index in [1.807, 2.05) is 0 Å². The molecule has 1 saturated heterocycles. The SMILES string of the molecule is BC1SC(COP(C)(=O)S)C(OC)C1OC. The first kappa shape index (κ1) is 14.9. The second-order valence-corrected chi connectivity index (χ2v) is 9.54. The first-order valence-electron chi connectivity index (χ1n) is 5.05. The summed E-state index contributed by atoms with van der Waals surface area (Å²) in [6.07, 6.45) is 0.0321. The predicted molar refractivity (Wildman–Crippen MR) is 73.8 cm³/mol. The maximum absolute atomic E-state index is 11.4. The van der Waals surface area contributed by atoms with Crippen LogP contribution in [0.3, 0.4) is 0 Å². The van der Waals surface area contributed by atoms with Gasteiger partial charge in [0.25, 0.3) is 6.57 Å². The molecule has 4 nitrogen and oxygen atoms in total. The Bertz CT molecular complexity index is 275. The number of methoxy groups -OCH3 is 2. The smallest absolute Gasteiger partial charge is 0.251 e. The van der Waals surface area contributed by atoms with E-state index in [1.165, 1.54) is 6.66 Å². The number of rotatable bonds is 5. The highest BCUT2D eigenvalue weighted by Crippen LogP contribution is 2.49. The lowest BCUT2D eigenvalue weighted by molar-refractivity contribution is -0.0249. The van der Waals surface area contributed by atoms with Gasteiger partial charge >= 0.3 is 0 Å². The van der Waals surface area contributed by atoms with E-state index >= 15 is 0 Å². The van der Waals surface area contributed by atoms with Crippen LogP contribution in [0.25, 0.3) is 0 Å². The van der Waals surface area contributed by atoms with E-state index in [9.17, 15) is 4.57 Å². The van der Waals surface area contributed by atoms with Gasteiger partial charge < -0.3 is 14.0 Å². The second kappa shape index (κ2) is 6.16. The quantitative estimate of drug-likeness (QED) is 0.461. The van der Waals surface area contributed by atoms with Crippen LogP contribution in [0.2, 0.25) is 0 Å². The lowest BCUT2D eigenvalue weighted by Gasteiger charge is -2.22. The normalized spacial score (nSPS) is 38.5. The average Bonchev–Trinajstić information content (AvgIpc) is 2.49. The molecule has 0 aromatic heterocycles. The Morgan fingerprint density at radius 1 is 1.38 bits per heavy atom. The van der Waals surface area contributed by atoms with Crippen LogP contribution in [0.15, 0.2) is 0 Å². The van der Waals surface area contributed by atoms with Gasteiger partial charge in [0, 0.05) is 26.0 Å². The molecule has 94 valence electrons. The Balaban J connectivity index is 2.57. The Morgan fingerprint density at radius 2 is 1.94 bits per heavy atom. The van der Waals surface area contributed by atoms with E-state index in [0.29, 0.717) is 11.8 Å². The van der Waals surface area contributed by atoms with Crippen molar-refractivity contribution in [3.8, 4) is 0 Å². The van der Waals surface area contributed by atoms with E-state index in [4.69, 9.17) is 14.0 Å². The zero-order valence-electron chi connectivity index (χ0n) is 9.95. The van der Waals surface area contributed by atoms with Gasteiger partial charge in [-0.2, -0.15) is 11.8 Å². The fraction of sp³-hybridized carbons (Fsp3) is 1.00. The van der Waals surface area contributed by atoms with Crippen LogP contribution < -0.4 is 0 Å². The Kier molecular flexibility index (Phi) is 5.75. The zero-order valence-corrected chi connectivity index (χ0v) is 12.6. The van der Waals surface area contributed by atoms with E-state index < -0.39 is 6.57 Å². The lowest BCUT2D eigenvalue weighted by atomic mass is 9.94. The molecule has 1 rings (SSSR count). The Morgan fingerprint density at radius 3 is 2.38 bits per heavy atom. The van der Waals surface area contributed by atoms with Crippen LogP contribution in [0.4, 0.5) is 0 Å². The molecule has 0 bridgehead atoms. The highest BCUT2D eigenvalue weighted by molar-refractivity contribution is 8.46. The number of hydrogen-bond donors (Lipinski definition) is 1. The highest BCUT2D eigenvalue weighted by Gasteiger charge is 2.42.